The van der Waals surface area contributed by atoms with Crippen molar-refractivity contribution in [1.29, 1.82) is 0 Å². The number of ether oxygens (including phenoxy) is 1. The molecule has 0 aliphatic heterocycles. The number of benzene rings is 1. The first-order valence-electron chi connectivity index (χ1n) is 4.51. The van der Waals surface area contributed by atoms with Crippen LogP contribution in [0.4, 0.5) is 6.01 Å². The van der Waals surface area contributed by atoms with Gasteiger partial charge in [0.25, 0.3) is 5.89 Å². The Bertz CT molecular complexity index is 436. The SMILES string of the molecule is Cc1ccc(OCc2nnc(N)o2)cc1. The Labute approximate surface area is 86.9 Å². The number of nitrogen functional groups attached to an aromatic ring is 1. The van der Waals surface area contributed by atoms with Gasteiger partial charge in [0.1, 0.15) is 5.75 Å². The van der Waals surface area contributed by atoms with E-state index in [1.54, 1.807) is 0 Å². The molecule has 0 saturated heterocycles. The minimum atomic E-state index is 0.0532. The number of nitrogens with zero attached hydrogens (tertiary/aromatic N) is 2. The van der Waals surface area contributed by atoms with Crippen molar-refractivity contribution in [3.05, 3.63) is 35.7 Å². The summed E-state index contributed by atoms with van der Waals surface area (Å²) in [6.07, 6.45) is 0. The standard InChI is InChI=1S/C10H11N3O2/c1-7-2-4-8(5-3-7)14-6-9-12-13-10(11)15-9/h2-5H,6H2,1H3,(H2,11,13). The molecule has 0 aliphatic carbocycles. The summed E-state index contributed by atoms with van der Waals surface area (Å²) in [5.74, 6) is 1.13. The molecule has 0 fully saturated rings. The summed E-state index contributed by atoms with van der Waals surface area (Å²) in [6.45, 7) is 2.25. The Balaban J connectivity index is 1.96. The van der Waals surface area contributed by atoms with Crippen LogP contribution in [0.25, 0.3) is 0 Å². The van der Waals surface area contributed by atoms with Crippen molar-refractivity contribution >= 4 is 6.01 Å². The van der Waals surface area contributed by atoms with E-state index in [0.29, 0.717) is 5.89 Å². The second-order valence-electron chi connectivity index (χ2n) is 3.14. The summed E-state index contributed by atoms with van der Waals surface area (Å²) in [6, 6.07) is 7.76. The molecule has 0 radical (unpaired) electrons. The second kappa shape index (κ2) is 4.00. The van der Waals surface area contributed by atoms with Crippen LogP contribution in [0.5, 0.6) is 5.75 Å². The number of hydrogen-bond acceptors (Lipinski definition) is 5. The molecule has 2 rings (SSSR count). The quantitative estimate of drug-likeness (QED) is 0.822. The smallest absolute Gasteiger partial charge is 0.312 e. The summed E-state index contributed by atoms with van der Waals surface area (Å²) in [5, 5.41) is 7.21. The van der Waals surface area contributed by atoms with Gasteiger partial charge in [0.2, 0.25) is 0 Å². The lowest BCUT2D eigenvalue weighted by atomic mass is 10.2. The van der Waals surface area contributed by atoms with Crippen molar-refractivity contribution in [2.45, 2.75) is 13.5 Å². The molecule has 1 aromatic heterocycles. The molecule has 5 heteroatoms. The zero-order chi connectivity index (χ0) is 10.7. The van der Waals surface area contributed by atoms with Crippen molar-refractivity contribution in [2.75, 3.05) is 5.73 Å². The number of aromatic nitrogens is 2. The van der Waals surface area contributed by atoms with Crippen LogP contribution in [-0.4, -0.2) is 10.2 Å². The van der Waals surface area contributed by atoms with Crippen LogP contribution in [0.15, 0.2) is 28.7 Å². The first kappa shape index (κ1) is 9.51. The van der Waals surface area contributed by atoms with Gasteiger partial charge >= 0.3 is 6.01 Å². The summed E-state index contributed by atoms with van der Waals surface area (Å²) in [7, 11) is 0. The van der Waals surface area contributed by atoms with Crippen molar-refractivity contribution < 1.29 is 9.15 Å². The molecule has 0 unspecified atom stereocenters. The van der Waals surface area contributed by atoms with Crippen molar-refractivity contribution in [1.82, 2.24) is 10.2 Å². The third kappa shape index (κ3) is 2.46. The molecular formula is C10H11N3O2. The van der Waals surface area contributed by atoms with E-state index in [4.69, 9.17) is 14.9 Å². The van der Waals surface area contributed by atoms with Crippen LogP contribution in [0.1, 0.15) is 11.5 Å². The normalized spacial score (nSPS) is 10.2. The molecule has 0 spiro atoms. The van der Waals surface area contributed by atoms with Gasteiger partial charge in [0, 0.05) is 0 Å². The highest BCUT2D eigenvalue weighted by atomic mass is 16.5. The minimum Gasteiger partial charge on any atom is -0.484 e. The molecule has 78 valence electrons. The van der Waals surface area contributed by atoms with E-state index < -0.39 is 0 Å². The molecule has 0 saturated carbocycles. The van der Waals surface area contributed by atoms with E-state index in [1.807, 2.05) is 31.2 Å². The third-order valence-corrected chi connectivity index (χ3v) is 1.87. The Morgan fingerprint density at radius 2 is 2.00 bits per heavy atom. The van der Waals surface area contributed by atoms with Crippen LogP contribution >= 0.6 is 0 Å². The van der Waals surface area contributed by atoms with E-state index in [9.17, 15) is 0 Å². The number of anilines is 1. The van der Waals surface area contributed by atoms with Crippen molar-refractivity contribution in [2.24, 2.45) is 0 Å². The molecule has 5 nitrogen and oxygen atoms in total. The third-order valence-electron chi connectivity index (χ3n) is 1.87. The van der Waals surface area contributed by atoms with Gasteiger partial charge < -0.3 is 14.9 Å². The second-order valence-corrected chi connectivity index (χ2v) is 3.14. The number of nitrogens with two attached hydrogens (primary N) is 1. The molecule has 0 atom stereocenters. The highest BCUT2D eigenvalue weighted by molar-refractivity contribution is 5.26. The molecule has 0 aliphatic rings. The van der Waals surface area contributed by atoms with Gasteiger partial charge in [-0.1, -0.05) is 22.8 Å². The Morgan fingerprint density at radius 1 is 1.27 bits per heavy atom. The maximum Gasteiger partial charge on any atom is 0.312 e. The van der Waals surface area contributed by atoms with Crippen molar-refractivity contribution in [3.8, 4) is 5.75 Å². The predicted octanol–water partition coefficient (Wildman–Crippen LogP) is 1.54. The fourth-order valence-corrected chi connectivity index (χ4v) is 1.10. The van der Waals surface area contributed by atoms with Crippen LogP contribution in [0, 0.1) is 6.92 Å². The molecule has 2 aromatic rings. The van der Waals surface area contributed by atoms with Gasteiger partial charge in [0.05, 0.1) is 0 Å². The van der Waals surface area contributed by atoms with Gasteiger partial charge in [-0.25, -0.2) is 0 Å². The Morgan fingerprint density at radius 3 is 2.60 bits per heavy atom. The van der Waals surface area contributed by atoms with Crippen LogP contribution < -0.4 is 10.5 Å². The topological polar surface area (TPSA) is 74.2 Å². The average molecular weight is 205 g/mol. The lowest BCUT2D eigenvalue weighted by Crippen LogP contribution is -1.95. The Hall–Kier alpha value is -2.04. The highest BCUT2D eigenvalue weighted by Gasteiger charge is 2.03. The molecule has 15 heavy (non-hydrogen) atoms. The zero-order valence-electron chi connectivity index (χ0n) is 8.30. The van der Waals surface area contributed by atoms with Crippen molar-refractivity contribution in [3.63, 3.8) is 0 Å². The van der Waals surface area contributed by atoms with Gasteiger partial charge in [-0.3, -0.25) is 0 Å². The Kier molecular flexibility index (Phi) is 2.53. The minimum absolute atomic E-state index is 0.0532. The lowest BCUT2D eigenvalue weighted by molar-refractivity contribution is 0.265. The van der Waals surface area contributed by atoms with Gasteiger partial charge in [-0.15, -0.1) is 5.10 Å². The van der Waals surface area contributed by atoms with E-state index >= 15 is 0 Å². The van der Waals surface area contributed by atoms with Crippen LogP contribution in [-0.2, 0) is 6.61 Å². The summed E-state index contributed by atoms with van der Waals surface area (Å²) < 4.78 is 10.4. The van der Waals surface area contributed by atoms with Crippen LogP contribution in [0.2, 0.25) is 0 Å². The molecule has 2 N–H and O–H groups in total. The van der Waals surface area contributed by atoms with Gasteiger partial charge in [0.15, 0.2) is 6.61 Å². The van der Waals surface area contributed by atoms with E-state index in [-0.39, 0.29) is 12.6 Å². The van der Waals surface area contributed by atoms with E-state index in [1.165, 1.54) is 5.56 Å². The summed E-state index contributed by atoms with van der Waals surface area (Å²) in [5.41, 5.74) is 6.46. The maximum atomic E-state index is 5.41. The van der Waals surface area contributed by atoms with E-state index in [2.05, 4.69) is 10.2 Å². The predicted molar refractivity (Wildman–Crippen MR) is 54.2 cm³/mol. The van der Waals surface area contributed by atoms with Gasteiger partial charge in [-0.2, -0.15) is 0 Å². The zero-order valence-corrected chi connectivity index (χ0v) is 8.30. The summed E-state index contributed by atoms with van der Waals surface area (Å²) >= 11 is 0. The molecule has 0 bridgehead atoms. The largest absolute Gasteiger partial charge is 0.484 e. The summed E-state index contributed by atoms with van der Waals surface area (Å²) in [4.78, 5) is 0. The molecular weight excluding hydrogens is 194 g/mol. The number of hydrogen-bond donors (Lipinski definition) is 1. The highest BCUT2D eigenvalue weighted by Crippen LogP contribution is 2.13. The van der Waals surface area contributed by atoms with Gasteiger partial charge in [-0.05, 0) is 19.1 Å². The molecule has 1 aromatic carbocycles. The average Bonchev–Trinajstić information content (AvgIpc) is 2.64. The fraction of sp³-hybridized carbons (Fsp3) is 0.200. The molecule has 0 amide bonds. The monoisotopic (exact) mass is 205 g/mol. The number of aryl methyl sites for hydroxylation is 1. The maximum absolute atomic E-state index is 5.41. The fourth-order valence-electron chi connectivity index (χ4n) is 1.10. The number of rotatable bonds is 3. The van der Waals surface area contributed by atoms with E-state index in [0.717, 1.165) is 5.75 Å². The first-order valence-corrected chi connectivity index (χ1v) is 4.51. The molecule has 1 heterocycles. The van der Waals surface area contributed by atoms with Crippen LogP contribution in [0.3, 0.4) is 0 Å². The first-order chi connectivity index (χ1) is 7.24. The lowest BCUT2D eigenvalue weighted by Gasteiger charge is -2.02.